The molecule has 266 valence electrons. The molecule has 0 radical (unpaired) electrons. The third-order valence-electron chi connectivity index (χ3n) is 11.1. The van der Waals surface area contributed by atoms with Crippen LogP contribution in [0.2, 0.25) is 0 Å². The fourth-order valence-corrected chi connectivity index (χ4v) is 9.73. The van der Waals surface area contributed by atoms with E-state index in [1.807, 2.05) is 30.3 Å². The Morgan fingerprint density at radius 1 is 0.351 bits per heavy atom. The van der Waals surface area contributed by atoms with Gasteiger partial charge in [0.1, 0.15) is 22.3 Å². The van der Waals surface area contributed by atoms with Gasteiger partial charge < -0.3 is 8.83 Å². The number of thiophene rings is 1. The summed E-state index contributed by atoms with van der Waals surface area (Å²) in [6, 6.07) is 63.6. The Morgan fingerprint density at radius 3 is 1.47 bits per heavy atom. The number of hydrogen-bond acceptors (Lipinski definition) is 5. The zero-order valence-corrected chi connectivity index (χ0v) is 31.3. The fourth-order valence-electron chi connectivity index (χ4n) is 8.44. The van der Waals surface area contributed by atoms with Crippen LogP contribution in [-0.2, 0) is 0 Å². The van der Waals surface area contributed by atoms with Gasteiger partial charge in [0, 0.05) is 53.9 Å². The van der Waals surface area contributed by atoms with Crippen LogP contribution in [0.25, 0.3) is 120 Å². The molecular formula is C52H30N2O2S. The molecule has 5 heteroatoms. The highest BCUT2D eigenvalue weighted by Crippen LogP contribution is 2.45. The van der Waals surface area contributed by atoms with E-state index in [2.05, 4.69) is 152 Å². The Kier molecular flexibility index (Phi) is 7.06. The number of hydrogen-bond donors (Lipinski definition) is 0. The molecule has 0 spiro atoms. The molecule has 4 aromatic heterocycles. The predicted molar refractivity (Wildman–Crippen MR) is 237 cm³/mol. The van der Waals surface area contributed by atoms with Crippen LogP contribution in [0.3, 0.4) is 0 Å². The number of rotatable bonds is 5. The monoisotopic (exact) mass is 746 g/mol. The minimum atomic E-state index is 0.686. The van der Waals surface area contributed by atoms with Crippen molar-refractivity contribution in [2.75, 3.05) is 0 Å². The molecule has 57 heavy (non-hydrogen) atoms. The smallest absolute Gasteiger partial charge is 0.160 e. The Bertz CT molecular complexity index is 3540. The lowest BCUT2D eigenvalue weighted by molar-refractivity contribution is 0.669. The van der Waals surface area contributed by atoms with Crippen LogP contribution in [0.5, 0.6) is 0 Å². The lowest BCUT2D eigenvalue weighted by Gasteiger charge is -2.09. The van der Waals surface area contributed by atoms with Crippen LogP contribution in [0.1, 0.15) is 0 Å². The van der Waals surface area contributed by atoms with E-state index in [4.69, 9.17) is 18.8 Å². The van der Waals surface area contributed by atoms with Crippen molar-refractivity contribution in [1.29, 1.82) is 0 Å². The van der Waals surface area contributed by atoms with Crippen LogP contribution < -0.4 is 0 Å². The Balaban J connectivity index is 1.03. The van der Waals surface area contributed by atoms with Gasteiger partial charge in [-0.2, -0.15) is 0 Å². The zero-order valence-electron chi connectivity index (χ0n) is 30.4. The van der Waals surface area contributed by atoms with Crippen molar-refractivity contribution in [1.82, 2.24) is 9.97 Å². The highest BCUT2D eigenvalue weighted by atomic mass is 32.1. The lowest BCUT2D eigenvalue weighted by atomic mass is 9.97. The second kappa shape index (κ2) is 12.6. The van der Waals surface area contributed by atoms with Crippen molar-refractivity contribution >= 4 is 75.5 Å². The zero-order chi connectivity index (χ0) is 37.5. The maximum atomic E-state index is 6.44. The first-order valence-electron chi connectivity index (χ1n) is 19.1. The lowest BCUT2D eigenvalue weighted by Crippen LogP contribution is -1.94. The highest BCUT2D eigenvalue weighted by molar-refractivity contribution is 7.26. The maximum absolute atomic E-state index is 6.44. The van der Waals surface area contributed by atoms with Crippen molar-refractivity contribution in [2.45, 2.75) is 0 Å². The van der Waals surface area contributed by atoms with Crippen molar-refractivity contribution in [3.63, 3.8) is 0 Å². The first kappa shape index (κ1) is 32.0. The minimum Gasteiger partial charge on any atom is -0.455 e. The van der Waals surface area contributed by atoms with Crippen molar-refractivity contribution in [3.8, 4) is 56.0 Å². The standard InChI is InChI=1S/C52H30N2O2S/c1-2-13-31(14-3-1)46-51-47(54-52(53-46)35-18-9-16-33(30-35)37-22-11-25-42-40-20-5-7-28-45(40)56-49(37)42)43-26-12-23-38(50(43)57-51)34-17-8-15-32(29-34)36-21-10-24-41-39-19-4-6-27-44(39)55-48(36)41/h1-30H. The third kappa shape index (κ3) is 5.06. The van der Waals surface area contributed by atoms with Gasteiger partial charge in [-0.1, -0.05) is 158 Å². The maximum Gasteiger partial charge on any atom is 0.160 e. The molecule has 0 aliphatic heterocycles. The molecule has 0 unspecified atom stereocenters. The second-order valence-corrected chi connectivity index (χ2v) is 15.5. The van der Waals surface area contributed by atoms with Gasteiger partial charge in [0.2, 0.25) is 0 Å². The quantitative estimate of drug-likeness (QED) is 0.176. The van der Waals surface area contributed by atoms with Gasteiger partial charge in [-0.25, -0.2) is 9.97 Å². The molecule has 12 rings (SSSR count). The van der Waals surface area contributed by atoms with Gasteiger partial charge in [0.25, 0.3) is 0 Å². The molecule has 4 heterocycles. The van der Waals surface area contributed by atoms with Gasteiger partial charge in [0.05, 0.1) is 15.9 Å². The first-order valence-corrected chi connectivity index (χ1v) is 19.9. The molecule has 0 atom stereocenters. The molecule has 8 aromatic carbocycles. The topological polar surface area (TPSA) is 52.1 Å². The average molecular weight is 747 g/mol. The van der Waals surface area contributed by atoms with Crippen LogP contribution in [-0.4, -0.2) is 9.97 Å². The minimum absolute atomic E-state index is 0.686. The largest absolute Gasteiger partial charge is 0.455 e. The van der Waals surface area contributed by atoms with Crippen molar-refractivity contribution in [3.05, 3.63) is 182 Å². The predicted octanol–water partition coefficient (Wildman–Crippen LogP) is 15.0. The summed E-state index contributed by atoms with van der Waals surface area (Å²) in [5.74, 6) is 0.686. The Morgan fingerprint density at radius 2 is 0.825 bits per heavy atom. The molecule has 4 nitrogen and oxygen atoms in total. The van der Waals surface area contributed by atoms with E-state index in [-0.39, 0.29) is 0 Å². The summed E-state index contributed by atoms with van der Waals surface area (Å²) < 4.78 is 15.1. The SMILES string of the molecule is c1ccc(-c2nc(-c3cccc(-c4cccc5c4oc4ccccc45)c3)nc3c2sc2c(-c4cccc(-c5cccc6c5oc5ccccc56)c4)cccc23)cc1. The Labute approximate surface area is 330 Å². The number of benzene rings is 8. The molecule has 0 saturated carbocycles. The normalized spacial score (nSPS) is 11.9. The van der Waals surface area contributed by atoms with Crippen LogP contribution >= 0.6 is 11.3 Å². The summed E-state index contributed by atoms with van der Waals surface area (Å²) >= 11 is 1.76. The number of para-hydroxylation sites is 4. The third-order valence-corrected chi connectivity index (χ3v) is 12.3. The molecule has 0 fully saturated rings. The van der Waals surface area contributed by atoms with E-state index in [1.165, 1.54) is 4.70 Å². The number of fused-ring (bicyclic) bond motifs is 9. The second-order valence-electron chi connectivity index (χ2n) is 14.4. The average Bonchev–Trinajstić information content (AvgIpc) is 3.98. The summed E-state index contributed by atoms with van der Waals surface area (Å²) in [6.45, 7) is 0. The van der Waals surface area contributed by atoms with E-state index in [1.54, 1.807) is 11.3 Å². The molecule has 0 N–H and O–H groups in total. The molecule has 0 bridgehead atoms. The van der Waals surface area contributed by atoms with Gasteiger partial charge in [-0.05, 0) is 46.5 Å². The highest BCUT2D eigenvalue weighted by Gasteiger charge is 2.20. The molecule has 0 aliphatic carbocycles. The molecule has 12 aromatic rings. The van der Waals surface area contributed by atoms with Crippen molar-refractivity contribution < 1.29 is 8.83 Å². The summed E-state index contributed by atoms with van der Waals surface area (Å²) in [5, 5.41) is 5.59. The number of aromatic nitrogens is 2. The summed E-state index contributed by atoms with van der Waals surface area (Å²) in [6.07, 6.45) is 0. The number of furan rings is 2. The van der Waals surface area contributed by atoms with E-state index in [9.17, 15) is 0 Å². The van der Waals surface area contributed by atoms with E-state index in [0.717, 1.165) is 110 Å². The summed E-state index contributed by atoms with van der Waals surface area (Å²) in [5.41, 5.74) is 14.0. The van der Waals surface area contributed by atoms with Gasteiger partial charge in [-0.3, -0.25) is 0 Å². The van der Waals surface area contributed by atoms with Crippen LogP contribution in [0.4, 0.5) is 0 Å². The van der Waals surface area contributed by atoms with E-state index < -0.39 is 0 Å². The van der Waals surface area contributed by atoms with Crippen molar-refractivity contribution in [2.24, 2.45) is 0 Å². The van der Waals surface area contributed by atoms with Crippen LogP contribution in [0.15, 0.2) is 191 Å². The first-order chi connectivity index (χ1) is 28.2. The summed E-state index contributed by atoms with van der Waals surface area (Å²) in [7, 11) is 0. The van der Waals surface area contributed by atoms with Gasteiger partial charge >= 0.3 is 0 Å². The van der Waals surface area contributed by atoms with E-state index >= 15 is 0 Å². The van der Waals surface area contributed by atoms with Gasteiger partial charge in [0.15, 0.2) is 5.82 Å². The van der Waals surface area contributed by atoms with Crippen LogP contribution in [0, 0.1) is 0 Å². The molecule has 0 saturated heterocycles. The molecule has 0 aliphatic rings. The summed E-state index contributed by atoms with van der Waals surface area (Å²) in [4.78, 5) is 10.7. The van der Waals surface area contributed by atoms with E-state index in [0.29, 0.717) is 5.82 Å². The molecular weight excluding hydrogens is 717 g/mol. The fraction of sp³-hybridized carbons (Fsp3) is 0. The molecule has 0 amide bonds. The number of nitrogens with zero attached hydrogens (tertiary/aromatic N) is 2. The van der Waals surface area contributed by atoms with Gasteiger partial charge in [-0.15, -0.1) is 11.3 Å². The Hall–Kier alpha value is -7.34.